The van der Waals surface area contributed by atoms with E-state index in [1.165, 1.54) is 0 Å². The molecule has 3 heterocycles. The Morgan fingerprint density at radius 2 is 1.85 bits per heavy atom. The fourth-order valence-electron chi connectivity index (χ4n) is 3.38. The number of pyridine rings is 1. The number of carbonyl (C=O) groups is 2. The van der Waals surface area contributed by atoms with Gasteiger partial charge in [-0.25, -0.2) is 19.0 Å². The number of aromatic nitrogens is 5. The third-order valence-corrected chi connectivity index (χ3v) is 5.06. The van der Waals surface area contributed by atoms with Gasteiger partial charge in [0.25, 0.3) is 11.8 Å². The molecule has 0 aliphatic carbocycles. The van der Waals surface area contributed by atoms with E-state index in [2.05, 4.69) is 25.7 Å². The molecule has 1 aromatic carbocycles. The van der Waals surface area contributed by atoms with E-state index < -0.39 is 12.6 Å². The third kappa shape index (κ3) is 4.74. The van der Waals surface area contributed by atoms with Crippen LogP contribution in [0.5, 0.6) is 0 Å². The van der Waals surface area contributed by atoms with Gasteiger partial charge in [-0.2, -0.15) is 5.10 Å². The summed E-state index contributed by atoms with van der Waals surface area (Å²) in [7, 11) is 1.77. The van der Waals surface area contributed by atoms with Gasteiger partial charge in [0.1, 0.15) is 23.9 Å². The normalized spacial score (nSPS) is 11.2. The first kappa shape index (κ1) is 22.1. The molecule has 4 aromatic rings. The summed E-state index contributed by atoms with van der Waals surface area (Å²) in [6.45, 7) is 3.31. The van der Waals surface area contributed by atoms with E-state index >= 15 is 0 Å². The van der Waals surface area contributed by atoms with Crippen molar-refractivity contribution >= 4 is 22.8 Å². The Bertz CT molecular complexity index is 1330. The number of aryl methyl sites for hydroxylation is 1. The molecule has 0 aliphatic heterocycles. The van der Waals surface area contributed by atoms with E-state index in [4.69, 9.17) is 0 Å². The van der Waals surface area contributed by atoms with Crippen molar-refractivity contribution in [3.63, 3.8) is 0 Å². The molecular weight excluding hydrogens is 425 g/mol. The van der Waals surface area contributed by atoms with Gasteiger partial charge in [0.15, 0.2) is 0 Å². The molecule has 0 aliphatic rings. The molecule has 2 N–H and O–H groups in total. The van der Waals surface area contributed by atoms with Crippen LogP contribution < -0.4 is 10.6 Å². The average molecular weight is 449 g/mol. The Morgan fingerprint density at radius 1 is 1.09 bits per heavy atom. The van der Waals surface area contributed by atoms with Crippen LogP contribution in [0.3, 0.4) is 0 Å². The monoisotopic (exact) mass is 449 g/mol. The van der Waals surface area contributed by atoms with E-state index in [9.17, 15) is 14.0 Å². The lowest BCUT2D eigenvalue weighted by atomic mass is 10.2. The fourth-order valence-corrected chi connectivity index (χ4v) is 3.38. The first-order chi connectivity index (χ1) is 15.9. The molecule has 0 fully saturated rings. The summed E-state index contributed by atoms with van der Waals surface area (Å²) in [4.78, 5) is 33.1. The minimum absolute atomic E-state index is 0.0299. The predicted molar refractivity (Wildman–Crippen MR) is 121 cm³/mol. The van der Waals surface area contributed by atoms with Gasteiger partial charge >= 0.3 is 0 Å². The molecule has 0 atom stereocenters. The van der Waals surface area contributed by atoms with Gasteiger partial charge < -0.3 is 15.2 Å². The molecule has 9 nitrogen and oxygen atoms in total. The number of nitrogens with zero attached hydrogens (tertiary/aromatic N) is 5. The average Bonchev–Trinajstić information content (AvgIpc) is 3.41. The summed E-state index contributed by atoms with van der Waals surface area (Å²) in [5, 5.41) is 9.91. The van der Waals surface area contributed by atoms with Gasteiger partial charge in [-0.1, -0.05) is 6.07 Å². The largest absolute Gasteiger partial charge is 0.349 e. The number of hydrogen-bond donors (Lipinski definition) is 2. The summed E-state index contributed by atoms with van der Waals surface area (Å²) in [5.41, 5.74) is 3.43. The Balaban J connectivity index is 1.44. The van der Waals surface area contributed by atoms with Crippen molar-refractivity contribution in [3.05, 3.63) is 71.6 Å². The SMILES string of the molecule is CC(C)NC(=O)c1cccc(C(=O)NCc2cnn(-c3ccc4nc(CF)n(C)c4c3)c2)n1. The number of alkyl halides is 1. The number of carbonyl (C=O) groups excluding carboxylic acids is 2. The van der Waals surface area contributed by atoms with E-state index in [1.807, 2.05) is 32.0 Å². The molecule has 0 unspecified atom stereocenters. The quantitative estimate of drug-likeness (QED) is 0.451. The molecule has 170 valence electrons. The van der Waals surface area contributed by atoms with Crippen LogP contribution in [0.15, 0.2) is 48.8 Å². The van der Waals surface area contributed by atoms with Crippen molar-refractivity contribution in [2.45, 2.75) is 33.1 Å². The highest BCUT2D eigenvalue weighted by Crippen LogP contribution is 2.20. The molecule has 4 rings (SSSR count). The maximum atomic E-state index is 13.1. The van der Waals surface area contributed by atoms with Crippen LogP contribution in [0, 0.1) is 0 Å². The maximum Gasteiger partial charge on any atom is 0.270 e. The topological polar surface area (TPSA) is 107 Å². The van der Waals surface area contributed by atoms with E-state index in [0.29, 0.717) is 11.3 Å². The van der Waals surface area contributed by atoms with Crippen molar-refractivity contribution in [1.29, 1.82) is 0 Å². The van der Waals surface area contributed by atoms with E-state index in [0.717, 1.165) is 16.8 Å². The predicted octanol–water partition coefficient (Wildman–Crippen LogP) is 2.69. The summed E-state index contributed by atoms with van der Waals surface area (Å²) < 4.78 is 16.5. The van der Waals surface area contributed by atoms with Crippen LogP contribution in [-0.2, 0) is 20.3 Å². The summed E-state index contributed by atoms with van der Waals surface area (Å²) >= 11 is 0. The number of halogens is 1. The zero-order chi connectivity index (χ0) is 23.5. The number of fused-ring (bicyclic) bond motifs is 1. The number of amides is 2. The molecule has 33 heavy (non-hydrogen) atoms. The zero-order valence-corrected chi connectivity index (χ0v) is 18.5. The summed E-state index contributed by atoms with van der Waals surface area (Å²) in [6, 6.07) is 10.3. The molecule has 0 spiro atoms. The molecule has 2 amide bonds. The molecule has 3 aromatic heterocycles. The first-order valence-corrected chi connectivity index (χ1v) is 10.5. The molecular formula is C23H24FN7O2. The second-order valence-corrected chi connectivity index (χ2v) is 7.91. The summed E-state index contributed by atoms with van der Waals surface area (Å²) in [5.74, 6) is -0.354. The molecule has 0 radical (unpaired) electrons. The minimum atomic E-state index is -0.633. The van der Waals surface area contributed by atoms with Gasteiger partial charge in [-0.05, 0) is 44.2 Å². The fraction of sp³-hybridized carbons (Fsp3) is 0.261. The lowest BCUT2D eigenvalue weighted by molar-refractivity contribution is 0.0936. The van der Waals surface area contributed by atoms with Crippen LogP contribution in [0.1, 0.15) is 46.2 Å². The smallest absolute Gasteiger partial charge is 0.270 e. The summed E-state index contributed by atoms with van der Waals surface area (Å²) in [6.07, 6.45) is 3.45. The van der Waals surface area contributed by atoms with Crippen molar-refractivity contribution in [2.75, 3.05) is 0 Å². The molecule has 0 bridgehead atoms. The highest BCUT2D eigenvalue weighted by Gasteiger charge is 2.14. The van der Waals surface area contributed by atoms with Gasteiger partial charge in [0, 0.05) is 31.4 Å². The van der Waals surface area contributed by atoms with Crippen LogP contribution in [-0.4, -0.2) is 42.2 Å². The van der Waals surface area contributed by atoms with Gasteiger partial charge in [0.05, 0.1) is 22.9 Å². The van der Waals surface area contributed by atoms with Gasteiger partial charge in [-0.15, -0.1) is 0 Å². The molecule has 0 saturated heterocycles. The Hall–Kier alpha value is -4.08. The van der Waals surface area contributed by atoms with Crippen LogP contribution in [0.4, 0.5) is 4.39 Å². The molecule has 0 saturated carbocycles. The molecule has 10 heteroatoms. The zero-order valence-electron chi connectivity index (χ0n) is 18.5. The maximum absolute atomic E-state index is 13.1. The Labute approximate surface area is 189 Å². The minimum Gasteiger partial charge on any atom is -0.349 e. The van der Waals surface area contributed by atoms with Crippen molar-refractivity contribution in [2.24, 2.45) is 7.05 Å². The number of hydrogen-bond acceptors (Lipinski definition) is 5. The Morgan fingerprint density at radius 3 is 2.58 bits per heavy atom. The van der Waals surface area contributed by atoms with Crippen LogP contribution >= 0.6 is 0 Å². The Kier molecular flexibility index (Phi) is 6.16. The third-order valence-electron chi connectivity index (χ3n) is 5.06. The van der Waals surface area contributed by atoms with Gasteiger partial charge in [-0.3, -0.25) is 9.59 Å². The highest BCUT2D eigenvalue weighted by molar-refractivity contribution is 5.96. The van der Waals surface area contributed by atoms with Crippen LogP contribution in [0.25, 0.3) is 16.7 Å². The number of benzene rings is 1. The highest BCUT2D eigenvalue weighted by atomic mass is 19.1. The first-order valence-electron chi connectivity index (χ1n) is 10.5. The van der Waals surface area contributed by atoms with Crippen molar-refractivity contribution < 1.29 is 14.0 Å². The number of imidazole rings is 1. The van der Waals surface area contributed by atoms with Crippen molar-refractivity contribution in [3.8, 4) is 5.69 Å². The lowest BCUT2D eigenvalue weighted by Gasteiger charge is -2.09. The van der Waals surface area contributed by atoms with Gasteiger partial charge in [0.2, 0.25) is 0 Å². The number of nitrogens with one attached hydrogen (secondary N) is 2. The van der Waals surface area contributed by atoms with Crippen molar-refractivity contribution in [1.82, 2.24) is 34.9 Å². The lowest BCUT2D eigenvalue weighted by Crippen LogP contribution is -2.31. The standard InChI is InChI=1S/C23H24FN7O2/c1-14(2)27-23(33)19-6-4-5-18(28-19)22(32)25-11-15-12-26-31(13-15)16-7-8-17-20(9-16)30(3)21(10-24)29-17/h4-9,12-14H,10-11H2,1-3H3,(H,25,32)(H,27,33). The van der Waals surface area contributed by atoms with Crippen LogP contribution in [0.2, 0.25) is 0 Å². The second kappa shape index (κ2) is 9.19. The van der Waals surface area contributed by atoms with E-state index in [-0.39, 0.29) is 29.9 Å². The number of rotatable bonds is 7. The second-order valence-electron chi connectivity index (χ2n) is 7.91. The van der Waals surface area contributed by atoms with E-state index in [1.54, 1.807) is 46.9 Å².